The van der Waals surface area contributed by atoms with Crippen molar-refractivity contribution in [1.29, 1.82) is 5.26 Å². The molecule has 156 valence electrons. The van der Waals surface area contributed by atoms with Crippen LogP contribution in [-0.4, -0.2) is 32.1 Å². The Morgan fingerprint density at radius 2 is 1.61 bits per heavy atom. The average molecular weight is 410 g/mol. The molecule has 0 aliphatic carbocycles. The fourth-order valence-corrected chi connectivity index (χ4v) is 3.86. The first-order valence-corrected chi connectivity index (χ1v) is 10.5. The topological polar surface area (TPSA) is 52.2 Å². The minimum Gasteiger partial charge on any atom is -0.464 e. The second-order valence-corrected chi connectivity index (χ2v) is 8.05. The van der Waals surface area contributed by atoms with E-state index in [2.05, 4.69) is 66.7 Å². The number of rotatable bonds is 7. The van der Waals surface area contributed by atoms with Crippen molar-refractivity contribution >= 4 is 11.0 Å². The van der Waals surface area contributed by atoms with E-state index in [9.17, 15) is 5.26 Å². The van der Waals surface area contributed by atoms with Gasteiger partial charge in [-0.2, -0.15) is 5.26 Å². The molecular weight excluding hydrogens is 382 g/mol. The Kier molecular flexibility index (Phi) is 6.18. The van der Waals surface area contributed by atoms with E-state index in [4.69, 9.17) is 4.42 Å². The van der Waals surface area contributed by atoms with Crippen molar-refractivity contribution in [3.05, 3.63) is 83.6 Å². The van der Waals surface area contributed by atoms with Crippen LogP contribution in [0.3, 0.4) is 0 Å². The molecule has 0 spiro atoms. The standard InChI is InChI=1S/C27H27N3O/c1-19-4-8-21(9-5-19)25-15-27-26(23(18-31-27)17-30(3)13-12-29-2)14-24(25)22-10-6-20(16-28)7-11-22/h4-11,14-15,18,29H,12-13,17H2,1-3H3. The maximum absolute atomic E-state index is 9.18. The molecule has 4 rings (SSSR count). The lowest BCUT2D eigenvalue weighted by molar-refractivity contribution is 0.328. The highest BCUT2D eigenvalue weighted by Crippen LogP contribution is 2.37. The highest BCUT2D eigenvalue weighted by atomic mass is 16.3. The average Bonchev–Trinajstić information content (AvgIpc) is 3.19. The molecule has 3 aromatic carbocycles. The second-order valence-electron chi connectivity index (χ2n) is 8.05. The van der Waals surface area contributed by atoms with Crippen LogP contribution in [0.15, 0.2) is 71.3 Å². The quantitative estimate of drug-likeness (QED) is 0.432. The maximum Gasteiger partial charge on any atom is 0.134 e. The van der Waals surface area contributed by atoms with Crippen LogP contribution < -0.4 is 5.32 Å². The minimum atomic E-state index is 0.664. The lowest BCUT2D eigenvalue weighted by atomic mass is 9.92. The predicted octanol–water partition coefficient (Wildman–Crippen LogP) is 5.60. The number of fused-ring (bicyclic) bond motifs is 1. The molecule has 4 heteroatoms. The van der Waals surface area contributed by atoms with Gasteiger partial charge in [0.25, 0.3) is 0 Å². The first-order chi connectivity index (χ1) is 15.1. The van der Waals surface area contributed by atoms with Crippen LogP contribution >= 0.6 is 0 Å². The van der Waals surface area contributed by atoms with E-state index in [0.29, 0.717) is 5.56 Å². The number of furan rings is 1. The summed E-state index contributed by atoms with van der Waals surface area (Å²) >= 11 is 0. The van der Waals surface area contributed by atoms with Crippen LogP contribution in [0, 0.1) is 18.3 Å². The fourth-order valence-electron chi connectivity index (χ4n) is 3.86. The van der Waals surface area contributed by atoms with Crippen LogP contribution in [-0.2, 0) is 6.54 Å². The number of likely N-dealkylation sites (N-methyl/N-ethyl adjacent to an activating group) is 2. The molecule has 1 N–H and O–H groups in total. The summed E-state index contributed by atoms with van der Waals surface area (Å²) in [4.78, 5) is 2.29. The van der Waals surface area contributed by atoms with Crippen LogP contribution in [0.2, 0.25) is 0 Å². The lowest BCUT2D eigenvalue weighted by Crippen LogP contribution is -2.26. The van der Waals surface area contributed by atoms with E-state index in [1.54, 1.807) is 0 Å². The molecule has 0 bridgehead atoms. The Morgan fingerprint density at radius 1 is 0.968 bits per heavy atom. The number of nitrogens with one attached hydrogen (secondary N) is 1. The van der Waals surface area contributed by atoms with Crippen molar-refractivity contribution in [2.24, 2.45) is 0 Å². The zero-order valence-electron chi connectivity index (χ0n) is 18.3. The third kappa shape index (κ3) is 4.54. The van der Waals surface area contributed by atoms with Gasteiger partial charge < -0.3 is 14.6 Å². The Labute approximate surface area is 183 Å². The second kappa shape index (κ2) is 9.18. The van der Waals surface area contributed by atoms with E-state index in [-0.39, 0.29) is 0 Å². The largest absolute Gasteiger partial charge is 0.464 e. The molecule has 0 fully saturated rings. The van der Waals surface area contributed by atoms with Gasteiger partial charge in [-0.15, -0.1) is 0 Å². The van der Waals surface area contributed by atoms with Crippen molar-refractivity contribution in [2.45, 2.75) is 13.5 Å². The number of hydrogen-bond acceptors (Lipinski definition) is 4. The van der Waals surface area contributed by atoms with Crippen molar-refractivity contribution in [3.8, 4) is 28.3 Å². The highest BCUT2D eigenvalue weighted by Gasteiger charge is 2.15. The normalized spacial score (nSPS) is 11.2. The first kappa shape index (κ1) is 20.9. The summed E-state index contributed by atoms with van der Waals surface area (Å²) in [7, 11) is 4.09. The van der Waals surface area contributed by atoms with E-state index in [1.165, 1.54) is 11.1 Å². The molecule has 0 saturated heterocycles. The lowest BCUT2D eigenvalue weighted by Gasteiger charge is -2.16. The van der Waals surface area contributed by atoms with E-state index >= 15 is 0 Å². The predicted molar refractivity (Wildman–Crippen MR) is 127 cm³/mol. The van der Waals surface area contributed by atoms with Gasteiger partial charge in [0.1, 0.15) is 5.58 Å². The Hall–Kier alpha value is -3.39. The minimum absolute atomic E-state index is 0.664. The van der Waals surface area contributed by atoms with Gasteiger partial charge in [-0.05, 0) is 67.5 Å². The summed E-state index contributed by atoms with van der Waals surface area (Å²) in [5.41, 5.74) is 8.47. The summed E-state index contributed by atoms with van der Waals surface area (Å²) in [6.45, 7) is 4.83. The Morgan fingerprint density at radius 3 is 2.26 bits per heavy atom. The molecule has 1 heterocycles. The van der Waals surface area contributed by atoms with Crippen molar-refractivity contribution in [3.63, 3.8) is 0 Å². The molecule has 4 nitrogen and oxygen atoms in total. The third-order valence-corrected chi connectivity index (χ3v) is 5.67. The van der Waals surface area contributed by atoms with Gasteiger partial charge in [-0.25, -0.2) is 0 Å². The third-order valence-electron chi connectivity index (χ3n) is 5.67. The monoisotopic (exact) mass is 409 g/mol. The van der Waals surface area contributed by atoms with Gasteiger partial charge in [-0.3, -0.25) is 0 Å². The van der Waals surface area contributed by atoms with Crippen molar-refractivity contribution in [1.82, 2.24) is 10.2 Å². The molecule has 0 atom stereocenters. The number of nitrogens with zero attached hydrogens (tertiary/aromatic N) is 2. The summed E-state index contributed by atoms with van der Waals surface area (Å²) in [5, 5.41) is 13.5. The molecule has 0 radical (unpaired) electrons. The van der Waals surface area contributed by atoms with Crippen LogP contribution in [0.25, 0.3) is 33.2 Å². The summed E-state index contributed by atoms with van der Waals surface area (Å²) < 4.78 is 5.98. The van der Waals surface area contributed by atoms with E-state index < -0.39 is 0 Å². The Bertz CT molecular complexity index is 1210. The van der Waals surface area contributed by atoms with Gasteiger partial charge in [0, 0.05) is 30.6 Å². The maximum atomic E-state index is 9.18. The zero-order valence-corrected chi connectivity index (χ0v) is 18.3. The van der Waals surface area contributed by atoms with E-state index in [1.807, 2.05) is 37.6 Å². The summed E-state index contributed by atoms with van der Waals surface area (Å²) in [6.07, 6.45) is 1.88. The van der Waals surface area contributed by atoms with Crippen molar-refractivity contribution in [2.75, 3.05) is 27.2 Å². The van der Waals surface area contributed by atoms with Crippen LogP contribution in [0.1, 0.15) is 16.7 Å². The van der Waals surface area contributed by atoms with Crippen molar-refractivity contribution < 1.29 is 4.42 Å². The summed E-state index contributed by atoms with van der Waals surface area (Å²) in [5.74, 6) is 0. The van der Waals surface area contributed by atoms with Gasteiger partial charge in [0.2, 0.25) is 0 Å². The van der Waals surface area contributed by atoms with Crippen LogP contribution in [0.5, 0.6) is 0 Å². The molecule has 0 aliphatic rings. The van der Waals surface area contributed by atoms with Gasteiger partial charge >= 0.3 is 0 Å². The molecule has 31 heavy (non-hydrogen) atoms. The molecule has 1 aromatic heterocycles. The molecule has 0 aliphatic heterocycles. The number of hydrogen-bond donors (Lipinski definition) is 1. The molecule has 0 amide bonds. The fraction of sp³-hybridized carbons (Fsp3) is 0.222. The Balaban J connectivity index is 1.83. The highest BCUT2D eigenvalue weighted by molar-refractivity contribution is 5.95. The van der Waals surface area contributed by atoms with E-state index in [0.717, 1.165) is 52.9 Å². The smallest absolute Gasteiger partial charge is 0.134 e. The van der Waals surface area contributed by atoms with Crippen LogP contribution in [0.4, 0.5) is 0 Å². The molecule has 0 saturated carbocycles. The molecule has 0 unspecified atom stereocenters. The van der Waals surface area contributed by atoms with Gasteiger partial charge in [0.05, 0.1) is 17.9 Å². The first-order valence-electron chi connectivity index (χ1n) is 10.5. The molecule has 4 aromatic rings. The molecular formula is C27H27N3O. The SMILES string of the molecule is CNCCN(C)Cc1coc2cc(-c3ccc(C)cc3)c(-c3ccc(C#N)cc3)cc12. The number of benzene rings is 3. The summed E-state index contributed by atoms with van der Waals surface area (Å²) in [6, 6.07) is 22.9. The number of nitriles is 1. The van der Waals surface area contributed by atoms with Gasteiger partial charge in [0.15, 0.2) is 0 Å². The number of aryl methyl sites for hydroxylation is 1. The zero-order chi connectivity index (χ0) is 21.8. The van der Waals surface area contributed by atoms with Gasteiger partial charge in [-0.1, -0.05) is 42.0 Å².